The van der Waals surface area contributed by atoms with Gasteiger partial charge in [-0.3, -0.25) is 0 Å². The normalized spacial score (nSPS) is 18.1. The number of amides is 2. The number of aliphatic hydroxyl groups excluding tert-OH is 1. The van der Waals surface area contributed by atoms with Crippen molar-refractivity contribution >= 4 is 12.0 Å². The second kappa shape index (κ2) is 7.96. The SMILES string of the molecule is CCC(NC(=O)N1CCC(OCCO)CC1)C(=O)O. The number of urea groups is 1. The number of ether oxygens (including phenoxy) is 1. The number of aliphatic carboxylic acids is 1. The molecule has 0 aromatic carbocycles. The topological polar surface area (TPSA) is 99.1 Å². The van der Waals surface area contributed by atoms with E-state index in [1.165, 1.54) is 0 Å². The summed E-state index contributed by atoms with van der Waals surface area (Å²) in [6, 6.07) is -1.18. The molecule has 7 nitrogen and oxygen atoms in total. The van der Waals surface area contributed by atoms with Gasteiger partial charge in [0.2, 0.25) is 0 Å². The molecule has 2 amide bonds. The maximum atomic E-state index is 11.9. The fourth-order valence-corrected chi connectivity index (χ4v) is 2.02. The van der Waals surface area contributed by atoms with Gasteiger partial charge >= 0.3 is 12.0 Å². The summed E-state index contributed by atoms with van der Waals surface area (Å²) >= 11 is 0. The van der Waals surface area contributed by atoms with Gasteiger partial charge in [0.1, 0.15) is 6.04 Å². The Hall–Kier alpha value is -1.34. The van der Waals surface area contributed by atoms with E-state index in [2.05, 4.69) is 5.32 Å². The van der Waals surface area contributed by atoms with Gasteiger partial charge in [-0.1, -0.05) is 6.92 Å². The fraction of sp³-hybridized carbons (Fsp3) is 0.833. The molecule has 1 fully saturated rings. The zero-order chi connectivity index (χ0) is 14.3. The first-order valence-electron chi connectivity index (χ1n) is 6.59. The highest BCUT2D eigenvalue weighted by Crippen LogP contribution is 2.13. The second-order valence-electron chi connectivity index (χ2n) is 4.53. The van der Waals surface area contributed by atoms with E-state index in [9.17, 15) is 9.59 Å². The molecule has 1 atom stereocenters. The van der Waals surface area contributed by atoms with Crippen molar-refractivity contribution in [2.24, 2.45) is 0 Å². The number of hydrogen-bond donors (Lipinski definition) is 3. The largest absolute Gasteiger partial charge is 0.480 e. The molecule has 1 rings (SSSR count). The minimum atomic E-state index is -1.02. The molecule has 7 heteroatoms. The number of rotatable bonds is 6. The highest BCUT2D eigenvalue weighted by atomic mass is 16.5. The third kappa shape index (κ3) is 5.04. The number of likely N-dealkylation sites (tertiary alicyclic amines) is 1. The van der Waals surface area contributed by atoms with Crippen molar-refractivity contribution in [2.45, 2.75) is 38.3 Å². The quantitative estimate of drug-likeness (QED) is 0.635. The van der Waals surface area contributed by atoms with Crippen molar-refractivity contribution in [3.8, 4) is 0 Å². The smallest absolute Gasteiger partial charge is 0.326 e. The molecule has 0 bridgehead atoms. The van der Waals surface area contributed by atoms with Crippen LogP contribution in [0.15, 0.2) is 0 Å². The lowest BCUT2D eigenvalue weighted by Gasteiger charge is -2.32. The van der Waals surface area contributed by atoms with Crippen LogP contribution >= 0.6 is 0 Å². The Morgan fingerprint density at radius 2 is 2.05 bits per heavy atom. The number of piperidine rings is 1. The van der Waals surface area contributed by atoms with Crippen LogP contribution in [0.4, 0.5) is 4.79 Å². The Morgan fingerprint density at radius 1 is 1.42 bits per heavy atom. The highest BCUT2D eigenvalue weighted by molar-refractivity contribution is 5.82. The number of carboxylic acid groups (broad SMARTS) is 1. The molecule has 0 spiro atoms. The molecular weight excluding hydrogens is 252 g/mol. The maximum Gasteiger partial charge on any atom is 0.326 e. The molecule has 0 saturated carbocycles. The summed E-state index contributed by atoms with van der Waals surface area (Å²) in [4.78, 5) is 24.3. The number of carbonyl (C=O) groups excluding carboxylic acids is 1. The van der Waals surface area contributed by atoms with Crippen molar-refractivity contribution in [3.63, 3.8) is 0 Å². The molecule has 19 heavy (non-hydrogen) atoms. The summed E-state index contributed by atoms with van der Waals surface area (Å²) in [7, 11) is 0. The van der Waals surface area contributed by atoms with E-state index in [0.717, 1.165) is 0 Å². The Bertz CT molecular complexity index is 302. The molecule has 1 aliphatic rings. The van der Waals surface area contributed by atoms with Gasteiger partial charge < -0.3 is 25.2 Å². The predicted octanol–water partition coefficient (Wildman–Crippen LogP) is 0.0325. The van der Waals surface area contributed by atoms with Crippen LogP contribution in [0, 0.1) is 0 Å². The lowest BCUT2D eigenvalue weighted by Crippen LogP contribution is -2.50. The highest BCUT2D eigenvalue weighted by Gasteiger charge is 2.26. The number of nitrogens with one attached hydrogen (secondary N) is 1. The van der Waals surface area contributed by atoms with Gasteiger partial charge in [-0.25, -0.2) is 9.59 Å². The number of carbonyl (C=O) groups is 2. The third-order valence-corrected chi connectivity index (χ3v) is 3.18. The van der Waals surface area contributed by atoms with E-state index in [4.69, 9.17) is 14.9 Å². The van der Waals surface area contributed by atoms with Crippen molar-refractivity contribution in [2.75, 3.05) is 26.3 Å². The van der Waals surface area contributed by atoms with Crippen LogP contribution in [0.25, 0.3) is 0 Å². The van der Waals surface area contributed by atoms with E-state index in [-0.39, 0.29) is 18.7 Å². The summed E-state index contributed by atoms with van der Waals surface area (Å²) in [5.41, 5.74) is 0. The molecular formula is C12H22N2O5. The van der Waals surface area contributed by atoms with Crippen LogP contribution in [0.5, 0.6) is 0 Å². The van der Waals surface area contributed by atoms with Gasteiger partial charge in [-0.15, -0.1) is 0 Å². The standard InChI is InChI=1S/C12H22N2O5/c1-2-10(11(16)17)13-12(18)14-5-3-9(4-6-14)19-8-7-15/h9-10,15H,2-8H2,1H3,(H,13,18)(H,16,17). The van der Waals surface area contributed by atoms with E-state index < -0.39 is 12.0 Å². The molecule has 110 valence electrons. The van der Waals surface area contributed by atoms with Crippen LogP contribution < -0.4 is 5.32 Å². The molecule has 0 aromatic rings. The zero-order valence-corrected chi connectivity index (χ0v) is 11.2. The number of hydrogen-bond acceptors (Lipinski definition) is 4. The van der Waals surface area contributed by atoms with Gasteiger partial charge in [0.15, 0.2) is 0 Å². The van der Waals surface area contributed by atoms with Gasteiger partial charge in [0.05, 0.1) is 19.3 Å². The molecule has 3 N–H and O–H groups in total. The van der Waals surface area contributed by atoms with E-state index in [1.807, 2.05) is 0 Å². The molecule has 1 aliphatic heterocycles. The lowest BCUT2D eigenvalue weighted by atomic mass is 10.1. The Kier molecular flexibility index (Phi) is 6.58. The second-order valence-corrected chi connectivity index (χ2v) is 4.53. The summed E-state index contributed by atoms with van der Waals surface area (Å²) in [6.45, 7) is 3.11. The average molecular weight is 274 g/mol. The first-order chi connectivity index (χ1) is 9.08. The summed E-state index contributed by atoms with van der Waals surface area (Å²) in [5, 5.41) is 20.0. The van der Waals surface area contributed by atoms with Gasteiger partial charge in [0, 0.05) is 13.1 Å². The van der Waals surface area contributed by atoms with E-state index in [0.29, 0.717) is 39.0 Å². The summed E-state index contributed by atoms with van der Waals surface area (Å²) < 4.78 is 5.40. The first kappa shape index (κ1) is 15.7. The van der Waals surface area contributed by atoms with Crippen LogP contribution in [-0.4, -0.2) is 65.6 Å². The van der Waals surface area contributed by atoms with Gasteiger partial charge in [-0.05, 0) is 19.3 Å². The maximum absolute atomic E-state index is 11.9. The number of aliphatic hydroxyl groups is 1. The molecule has 0 aromatic heterocycles. The van der Waals surface area contributed by atoms with Crippen molar-refractivity contribution < 1.29 is 24.5 Å². The molecule has 0 radical (unpaired) electrons. The van der Waals surface area contributed by atoms with Crippen LogP contribution in [0.2, 0.25) is 0 Å². The third-order valence-electron chi connectivity index (χ3n) is 3.18. The van der Waals surface area contributed by atoms with Crippen molar-refractivity contribution in [1.29, 1.82) is 0 Å². The minimum absolute atomic E-state index is 0.00249. The number of nitrogens with zero attached hydrogens (tertiary/aromatic N) is 1. The lowest BCUT2D eigenvalue weighted by molar-refractivity contribution is -0.139. The van der Waals surface area contributed by atoms with E-state index in [1.54, 1.807) is 11.8 Å². The van der Waals surface area contributed by atoms with Crippen LogP contribution in [0.1, 0.15) is 26.2 Å². The molecule has 0 aliphatic carbocycles. The number of carboxylic acids is 1. The summed E-state index contributed by atoms with van der Waals surface area (Å²) in [5.74, 6) is -1.02. The Balaban J connectivity index is 2.34. The van der Waals surface area contributed by atoms with Crippen LogP contribution in [0.3, 0.4) is 0 Å². The Morgan fingerprint density at radius 3 is 2.53 bits per heavy atom. The first-order valence-corrected chi connectivity index (χ1v) is 6.59. The summed E-state index contributed by atoms with van der Waals surface area (Å²) in [6.07, 6.45) is 1.84. The van der Waals surface area contributed by atoms with Gasteiger partial charge in [-0.2, -0.15) is 0 Å². The molecule has 1 unspecified atom stereocenters. The van der Waals surface area contributed by atoms with Gasteiger partial charge in [0.25, 0.3) is 0 Å². The van der Waals surface area contributed by atoms with Crippen LogP contribution in [-0.2, 0) is 9.53 Å². The average Bonchev–Trinajstić information content (AvgIpc) is 2.42. The molecule has 1 saturated heterocycles. The van der Waals surface area contributed by atoms with E-state index >= 15 is 0 Å². The monoisotopic (exact) mass is 274 g/mol. The fourth-order valence-electron chi connectivity index (χ4n) is 2.02. The van der Waals surface area contributed by atoms with Crippen molar-refractivity contribution in [1.82, 2.24) is 10.2 Å². The molecule has 1 heterocycles. The zero-order valence-electron chi connectivity index (χ0n) is 11.2. The predicted molar refractivity (Wildman–Crippen MR) is 67.9 cm³/mol. The Labute approximate surface area is 112 Å². The minimum Gasteiger partial charge on any atom is -0.480 e. The van der Waals surface area contributed by atoms with Crippen molar-refractivity contribution in [3.05, 3.63) is 0 Å².